The summed E-state index contributed by atoms with van der Waals surface area (Å²) in [6, 6.07) is 13.1. The number of hydrogen-bond donors (Lipinski definition) is 1. The molecule has 1 aliphatic rings. The highest BCUT2D eigenvalue weighted by atomic mass is 32.2. The van der Waals surface area contributed by atoms with Gasteiger partial charge in [0, 0.05) is 25.2 Å². The van der Waals surface area contributed by atoms with E-state index in [0.29, 0.717) is 30.8 Å². The van der Waals surface area contributed by atoms with Crippen molar-refractivity contribution >= 4 is 21.6 Å². The third-order valence-electron chi connectivity index (χ3n) is 5.78. The Morgan fingerprint density at radius 3 is 2.10 bits per heavy atom. The van der Waals surface area contributed by atoms with Gasteiger partial charge >= 0.3 is 0 Å². The fourth-order valence-electron chi connectivity index (χ4n) is 3.95. The van der Waals surface area contributed by atoms with E-state index in [-0.39, 0.29) is 5.91 Å². The SMILES string of the molecule is CCc1cccc(CC)c1NC(=O)CCc1ccc(S(=O)(=O)N2CCCCC2)cc1. The number of anilines is 1. The minimum atomic E-state index is -3.41. The highest BCUT2D eigenvalue weighted by Crippen LogP contribution is 2.24. The van der Waals surface area contributed by atoms with Gasteiger partial charge in [-0.2, -0.15) is 4.31 Å². The summed E-state index contributed by atoms with van der Waals surface area (Å²) < 4.78 is 27.1. The van der Waals surface area contributed by atoms with Crippen molar-refractivity contribution in [1.29, 1.82) is 0 Å². The number of aryl methyl sites for hydroxylation is 3. The Balaban J connectivity index is 1.61. The van der Waals surface area contributed by atoms with Crippen LogP contribution in [0.1, 0.15) is 56.2 Å². The maximum atomic E-state index is 12.8. The Kier molecular flexibility index (Phi) is 7.67. The first-order valence-electron chi connectivity index (χ1n) is 11.0. The molecule has 6 heteroatoms. The largest absolute Gasteiger partial charge is 0.326 e. The molecule has 1 aliphatic heterocycles. The van der Waals surface area contributed by atoms with Crippen LogP contribution in [0.4, 0.5) is 5.69 Å². The molecule has 2 aromatic carbocycles. The van der Waals surface area contributed by atoms with Gasteiger partial charge in [0.05, 0.1) is 4.90 Å². The topological polar surface area (TPSA) is 66.5 Å². The van der Waals surface area contributed by atoms with Crippen molar-refractivity contribution in [2.24, 2.45) is 0 Å². The fraction of sp³-hybridized carbons (Fsp3) is 0.458. The van der Waals surface area contributed by atoms with Crippen LogP contribution >= 0.6 is 0 Å². The van der Waals surface area contributed by atoms with Crippen LogP contribution in [0.15, 0.2) is 47.4 Å². The lowest BCUT2D eigenvalue weighted by atomic mass is 10.0. The van der Waals surface area contributed by atoms with Crippen molar-refractivity contribution in [3.63, 3.8) is 0 Å². The molecule has 0 aliphatic carbocycles. The summed E-state index contributed by atoms with van der Waals surface area (Å²) in [5.41, 5.74) is 4.20. The molecule has 3 rings (SSSR count). The number of benzene rings is 2. The zero-order valence-corrected chi connectivity index (χ0v) is 18.8. The molecular formula is C24H32N2O3S. The molecule has 1 fully saturated rings. The number of amides is 1. The van der Waals surface area contributed by atoms with Crippen molar-refractivity contribution < 1.29 is 13.2 Å². The van der Waals surface area contributed by atoms with Gasteiger partial charge in [0.25, 0.3) is 0 Å². The van der Waals surface area contributed by atoms with Crippen molar-refractivity contribution in [3.05, 3.63) is 59.2 Å². The minimum Gasteiger partial charge on any atom is -0.326 e. The van der Waals surface area contributed by atoms with Crippen LogP contribution in [0.2, 0.25) is 0 Å². The van der Waals surface area contributed by atoms with E-state index in [4.69, 9.17) is 0 Å². The molecule has 0 atom stereocenters. The smallest absolute Gasteiger partial charge is 0.243 e. The normalized spacial score (nSPS) is 15.1. The van der Waals surface area contributed by atoms with Crippen LogP contribution in [-0.4, -0.2) is 31.7 Å². The summed E-state index contributed by atoms with van der Waals surface area (Å²) in [6.45, 7) is 5.38. The van der Waals surface area contributed by atoms with Gasteiger partial charge in [-0.1, -0.05) is 50.6 Å². The Bertz CT molecular complexity index is 940. The van der Waals surface area contributed by atoms with Gasteiger partial charge in [-0.25, -0.2) is 8.42 Å². The molecule has 1 N–H and O–H groups in total. The van der Waals surface area contributed by atoms with Crippen LogP contribution < -0.4 is 5.32 Å². The van der Waals surface area contributed by atoms with Crippen molar-refractivity contribution in [1.82, 2.24) is 4.31 Å². The summed E-state index contributed by atoms with van der Waals surface area (Å²) in [7, 11) is -3.41. The molecule has 0 spiro atoms. The predicted octanol–water partition coefficient (Wildman–Crippen LogP) is 4.56. The van der Waals surface area contributed by atoms with E-state index >= 15 is 0 Å². The molecule has 0 saturated carbocycles. The molecule has 5 nitrogen and oxygen atoms in total. The summed E-state index contributed by atoms with van der Waals surface area (Å²) >= 11 is 0. The summed E-state index contributed by atoms with van der Waals surface area (Å²) in [5.74, 6) is -0.0179. The number of rotatable bonds is 8. The number of carbonyl (C=O) groups is 1. The number of nitrogens with zero attached hydrogens (tertiary/aromatic N) is 1. The first-order chi connectivity index (χ1) is 14.5. The van der Waals surface area contributed by atoms with E-state index in [2.05, 4.69) is 31.3 Å². The highest BCUT2D eigenvalue weighted by molar-refractivity contribution is 7.89. The van der Waals surface area contributed by atoms with Gasteiger partial charge in [0.1, 0.15) is 0 Å². The highest BCUT2D eigenvalue weighted by Gasteiger charge is 2.25. The first kappa shape index (κ1) is 22.5. The van der Waals surface area contributed by atoms with Crippen LogP contribution in [-0.2, 0) is 34.1 Å². The molecular weight excluding hydrogens is 396 g/mol. The van der Waals surface area contributed by atoms with E-state index in [9.17, 15) is 13.2 Å². The Hall–Kier alpha value is -2.18. The third-order valence-corrected chi connectivity index (χ3v) is 7.69. The predicted molar refractivity (Wildman–Crippen MR) is 121 cm³/mol. The lowest BCUT2D eigenvalue weighted by molar-refractivity contribution is -0.116. The van der Waals surface area contributed by atoms with Crippen molar-refractivity contribution in [2.45, 2.75) is 63.7 Å². The average molecular weight is 429 g/mol. The summed E-state index contributed by atoms with van der Waals surface area (Å²) in [4.78, 5) is 12.9. The molecule has 0 bridgehead atoms. The lowest BCUT2D eigenvalue weighted by Gasteiger charge is -2.25. The third kappa shape index (κ3) is 5.29. The quantitative estimate of drug-likeness (QED) is 0.670. The second kappa shape index (κ2) is 10.2. The van der Waals surface area contributed by atoms with Crippen molar-refractivity contribution in [2.75, 3.05) is 18.4 Å². The van der Waals surface area contributed by atoms with Crippen LogP contribution in [0.5, 0.6) is 0 Å². The Labute approximate surface area is 180 Å². The van der Waals surface area contributed by atoms with Gasteiger partial charge in [-0.15, -0.1) is 0 Å². The van der Waals surface area contributed by atoms with Gasteiger partial charge in [0.2, 0.25) is 15.9 Å². The molecule has 2 aromatic rings. The lowest BCUT2D eigenvalue weighted by Crippen LogP contribution is -2.35. The second-order valence-electron chi connectivity index (χ2n) is 7.82. The summed E-state index contributed by atoms with van der Waals surface area (Å²) in [6.07, 6.45) is 5.62. The monoisotopic (exact) mass is 428 g/mol. The second-order valence-corrected chi connectivity index (χ2v) is 9.75. The van der Waals surface area contributed by atoms with Crippen LogP contribution in [0.25, 0.3) is 0 Å². The molecule has 0 aromatic heterocycles. The number of sulfonamides is 1. The van der Waals surface area contributed by atoms with Gasteiger partial charge in [0.15, 0.2) is 0 Å². The molecule has 0 unspecified atom stereocenters. The number of carbonyl (C=O) groups excluding carboxylic acids is 1. The van der Waals surface area contributed by atoms with Crippen molar-refractivity contribution in [3.8, 4) is 0 Å². The molecule has 162 valence electrons. The Morgan fingerprint density at radius 1 is 0.933 bits per heavy atom. The number of hydrogen-bond acceptors (Lipinski definition) is 3. The molecule has 1 saturated heterocycles. The van der Waals surface area contributed by atoms with Gasteiger partial charge in [-0.05, 0) is 60.9 Å². The number of piperidine rings is 1. The standard InChI is InChI=1S/C24H32N2O3S/c1-3-20-9-8-10-21(4-2)24(20)25-23(27)16-13-19-11-14-22(15-12-19)30(28,29)26-17-6-5-7-18-26/h8-12,14-15H,3-7,13,16-18H2,1-2H3,(H,25,27). The van der Waals surface area contributed by atoms with Crippen LogP contribution in [0.3, 0.4) is 0 Å². The molecule has 30 heavy (non-hydrogen) atoms. The Morgan fingerprint density at radius 2 is 1.53 bits per heavy atom. The average Bonchev–Trinajstić information content (AvgIpc) is 2.78. The zero-order valence-electron chi connectivity index (χ0n) is 18.0. The number of nitrogens with one attached hydrogen (secondary N) is 1. The van der Waals surface area contributed by atoms with Gasteiger partial charge in [-0.3, -0.25) is 4.79 Å². The van der Waals surface area contributed by atoms with Crippen LogP contribution in [0, 0.1) is 0 Å². The maximum Gasteiger partial charge on any atom is 0.243 e. The van der Waals surface area contributed by atoms with E-state index in [1.54, 1.807) is 16.4 Å². The maximum absolute atomic E-state index is 12.8. The minimum absolute atomic E-state index is 0.0179. The summed E-state index contributed by atoms with van der Waals surface area (Å²) in [5, 5.41) is 3.09. The first-order valence-corrected chi connectivity index (χ1v) is 12.4. The van der Waals surface area contributed by atoms with E-state index in [0.717, 1.165) is 54.5 Å². The molecule has 1 amide bonds. The number of para-hydroxylation sites is 1. The van der Waals surface area contributed by atoms with E-state index < -0.39 is 10.0 Å². The van der Waals surface area contributed by atoms with E-state index in [1.165, 1.54) is 0 Å². The zero-order chi connectivity index (χ0) is 21.6. The van der Waals surface area contributed by atoms with E-state index in [1.807, 2.05) is 18.2 Å². The van der Waals surface area contributed by atoms with Gasteiger partial charge < -0.3 is 5.32 Å². The fourth-order valence-corrected chi connectivity index (χ4v) is 5.46. The molecule has 0 radical (unpaired) electrons. The molecule has 1 heterocycles.